The van der Waals surface area contributed by atoms with E-state index in [1.165, 1.54) is 9.25 Å². The molecule has 1 aromatic carbocycles. The van der Waals surface area contributed by atoms with Gasteiger partial charge in [0.2, 0.25) is 5.95 Å². The number of aryl methyl sites for hydroxylation is 1. The Balaban J connectivity index is 2.60. The first-order chi connectivity index (χ1) is 9.04. The van der Waals surface area contributed by atoms with Gasteiger partial charge in [-0.2, -0.15) is 0 Å². The van der Waals surface area contributed by atoms with Crippen LogP contribution in [0.25, 0.3) is 5.69 Å². The van der Waals surface area contributed by atoms with Crippen molar-refractivity contribution >= 4 is 29.2 Å². The molecule has 0 unspecified atom stereocenters. The molecule has 0 saturated carbocycles. The molecular formula is C12H14Cl2N4O. The van der Waals surface area contributed by atoms with Crippen LogP contribution in [0.15, 0.2) is 23.0 Å². The van der Waals surface area contributed by atoms with Crippen LogP contribution in [0.4, 0.5) is 5.95 Å². The van der Waals surface area contributed by atoms with Crippen LogP contribution in [-0.4, -0.2) is 20.9 Å². The largest absolute Gasteiger partial charge is 0.354 e. The lowest BCUT2D eigenvalue weighted by molar-refractivity contribution is 0.726. The molecule has 0 fully saturated rings. The maximum Gasteiger partial charge on any atom is 0.351 e. The highest BCUT2D eigenvalue weighted by atomic mass is 35.5. The van der Waals surface area contributed by atoms with E-state index in [2.05, 4.69) is 10.4 Å². The predicted octanol–water partition coefficient (Wildman–Crippen LogP) is 2.70. The van der Waals surface area contributed by atoms with E-state index in [1.807, 2.05) is 6.92 Å². The van der Waals surface area contributed by atoms with Gasteiger partial charge in [-0.05, 0) is 24.6 Å². The minimum absolute atomic E-state index is 0.275. The van der Waals surface area contributed by atoms with Crippen molar-refractivity contribution in [2.24, 2.45) is 7.05 Å². The van der Waals surface area contributed by atoms with Crippen molar-refractivity contribution in [3.05, 3.63) is 38.7 Å². The standard InChI is InChI=1S/C12H14Cl2N4O/c1-3-6-15-11-16-17(2)12(19)18(11)10-7-8(13)4-5-9(10)14/h4-5,7H,3,6H2,1-2H3,(H,15,16). The van der Waals surface area contributed by atoms with Crippen molar-refractivity contribution in [1.82, 2.24) is 14.3 Å². The fourth-order valence-electron chi connectivity index (χ4n) is 1.69. The van der Waals surface area contributed by atoms with Crippen LogP contribution >= 0.6 is 23.2 Å². The summed E-state index contributed by atoms with van der Waals surface area (Å²) < 4.78 is 2.68. The Bertz CT molecular complexity index is 648. The number of hydrogen-bond acceptors (Lipinski definition) is 3. The summed E-state index contributed by atoms with van der Waals surface area (Å²) in [6.45, 7) is 2.75. The van der Waals surface area contributed by atoms with Crippen molar-refractivity contribution in [2.45, 2.75) is 13.3 Å². The maximum atomic E-state index is 12.1. The molecule has 2 rings (SSSR count). The quantitative estimate of drug-likeness (QED) is 0.944. The molecule has 0 radical (unpaired) electrons. The third-order valence-corrected chi connectivity index (χ3v) is 3.16. The molecule has 0 aliphatic heterocycles. The monoisotopic (exact) mass is 300 g/mol. The Labute approximate surface area is 120 Å². The van der Waals surface area contributed by atoms with E-state index in [4.69, 9.17) is 23.2 Å². The Kier molecular flexibility index (Phi) is 4.17. The number of benzene rings is 1. The van der Waals surface area contributed by atoms with Gasteiger partial charge in [0.05, 0.1) is 10.7 Å². The molecule has 0 bridgehead atoms. The minimum Gasteiger partial charge on any atom is -0.354 e. The third-order valence-electron chi connectivity index (χ3n) is 2.61. The smallest absolute Gasteiger partial charge is 0.351 e. The zero-order valence-corrected chi connectivity index (χ0v) is 12.2. The second-order valence-corrected chi connectivity index (χ2v) is 4.93. The maximum absolute atomic E-state index is 12.1. The zero-order valence-electron chi connectivity index (χ0n) is 10.7. The fourth-order valence-corrected chi connectivity index (χ4v) is 2.06. The van der Waals surface area contributed by atoms with Crippen LogP contribution in [0.2, 0.25) is 10.0 Å². The third kappa shape index (κ3) is 2.77. The molecule has 0 aliphatic carbocycles. The zero-order chi connectivity index (χ0) is 14.0. The lowest BCUT2D eigenvalue weighted by Gasteiger charge is -2.09. The molecule has 1 aromatic heterocycles. The lowest BCUT2D eigenvalue weighted by atomic mass is 10.3. The van der Waals surface area contributed by atoms with Gasteiger partial charge in [-0.25, -0.2) is 14.0 Å². The Morgan fingerprint density at radius 3 is 2.79 bits per heavy atom. The first-order valence-corrected chi connectivity index (χ1v) is 6.65. The SMILES string of the molecule is CCCNc1nn(C)c(=O)n1-c1cc(Cl)ccc1Cl. The highest BCUT2D eigenvalue weighted by Crippen LogP contribution is 2.25. The van der Waals surface area contributed by atoms with Gasteiger partial charge in [-0.15, -0.1) is 5.10 Å². The lowest BCUT2D eigenvalue weighted by Crippen LogP contribution is -2.22. The van der Waals surface area contributed by atoms with Crippen molar-refractivity contribution in [3.8, 4) is 5.69 Å². The molecule has 5 nitrogen and oxygen atoms in total. The van der Waals surface area contributed by atoms with Gasteiger partial charge in [0.25, 0.3) is 0 Å². The second kappa shape index (κ2) is 5.67. The van der Waals surface area contributed by atoms with Crippen LogP contribution in [-0.2, 0) is 7.05 Å². The predicted molar refractivity (Wildman–Crippen MR) is 77.6 cm³/mol. The Morgan fingerprint density at radius 1 is 1.37 bits per heavy atom. The van der Waals surface area contributed by atoms with Crippen LogP contribution < -0.4 is 11.0 Å². The molecule has 1 N–H and O–H groups in total. The molecule has 1 heterocycles. The van der Waals surface area contributed by atoms with Crippen molar-refractivity contribution in [3.63, 3.8) is 0 Å². The normalized spacial score (nSPS) is 10.7. The molecule has 7 heteroatoms. The van der Waals surface area contributed by atoms with E-state index < -0.39 is 0 Å². The summed E-state index contributed by atoms with van der Waals surface area (Å²) in [5, 5.41) is 8.20. The van der Waals surface area contributed by atoms with E-state index >= 15 is 0 Å². The fraction of sp³-hybridized carbons (Fsp3) is 0.333. The molecule has 102 valence electrons. The van der Waals surface area contributed by atoms with Crippen LogP contribution in [0.1, 0.15) is 13.3 Å². The molecule has 0 aliphatic rings. The van der Waals surface area contributed by atoms with Gasteiger partial charge in [0.15, 0.2) is 0 Å². The molecule has 0 saturated heterocycles. The number of nitrogens with zero attached hydrogens (tertiary/aromatic N) is 3. The van der Waals surface area contributed by atoms with Gasteiger partial charge in [0, 0.05) is 18.6 Å². The Morgan fingerprint density at radius 2 is 2.11 bits per heavy atom. The average Bonchev–Trinajstić information content (AvgIpc) is 2.66. The van der Waals surface area contributed by atoms with E-state index in [1.54, 1.807) is 25.2 Å². The van der Waals surface area contributed by atoms with Gasteiger partial charge < -0.3 is 5.32 Å². The first-order valence-electron chi connectivity index (χ1n) is 5.90. The summed E-state index contributed by atoms with van der Waals surface area (Å²) >= 11 is 12.1. The molecule has 0 atom stereocenters. The number of nitrogens with one attached hydrogen (secondary N) is 1. The summed E-state index contributed by atoms with van der Waals surface area (Å²) in [6, 6.07) is 4.97. The summed E-state index contributed by atoms with van der Waals surface area (Å²) in [5.74, 6) is 0.457. The number of halogens is 2. The molecule has 19 heavy (non-hydrogen) atoms. The molecule has 0 spiro atoms. The topological polar surface area (TPSA) is 51.9 Å². The van der Waals surface area contributed by atoms with Crippen molar-refractivity contribution < 1.29 is 0 Å². The highest BCUT2D eigenvalue weighted by Gasteiger charge is 2.15. The van der Waals surface area contributed by atoms with Crippen LogP contribution in [0.3, 0.4) is 0 Å². The average molecular weight is 301 g/mol. The molecular weight excluding hydrogens is 287 g/mol. The van der Waals surface area contributed by atoms with E-state index in [-0.39, 0.29) is 5.69 Å². The second-order valence-electron chi connectivity index (χ2n) is 4.09. The van der Waals surface area contributed by atoms with Crippen LogP contribution in [0, 0.1) is 0 Å². The van der Waals surface area contributed by atoms with E-state index in [9.17, 15) is 4.79 Å². The summed E-state index contributed by atoms with van der Waals surface area (Å²) in [5.41, 5.74) is 0.244. The van der Waals surface area contributed by atoms with Gasteiger partial charge >= 0.3 is 5.69 Å². The number of hydrogen-bond donors (Lipinski definition) is 1. The number of rotatable bonds is 4. The minimum atomic E-state index is -0.275. The number of aromatic nitrogens is 3. The van der Waals surface area contributed by atoms with Gasteiger partial charge in [-0.3, -0.25) is 0 Å². The van der Waals surface area contributed by atoms with Crippen molar-refractivity contribution in [1.29, 1.82) is 0 Å². The van der Waals surface area contributed by atoms with E-state index in [0.29, 0.717) is 28.2 Å². The van der Waals surface area contributed by atoms with Gasteiger partial charge in [0.1, 0.15) is 0 Å². The first kappa shape index (κ1) is 14.0. The van der Waals surface area contributed by atoms with Gasteiger partial charge in [-0.1, -0.05) is 30.1 Å². The number of anilines is 1. The highest BCUT2D eigenvalue weighted by molar-refractivity contribution is 6.34. The van der Waals surface area contributed by atoms with Crippen LogP contribution in [0.5, 0.6) is 0 Å². The summed E-state index contributed by atoms with van der Waals surface area (Å²) in [4.78, 5) is 12.1. The summed E-state index contributed by atoms with van der Waals surface area (Å²) in [6.07, 6.45) is 0.925. The summed E-state index contributed by atoms with van der Waals surface area (Å²) in [7, 11) is 1.59. The molecule has 0 amide bonds. The Hall–Kier alpha value is -1.46. The molecule has 2 aromatic rings. The van der Waals surface area contributed by atoms with E-state index in [0.717, 1.165) is 6.42 Å². The van der Waals surface area contributed by atoms with Crippen molar-refractivity contribution in [2.75, 3.05) is 11.9 Å².